The Balaban J connectivity index is 1.86. The molecule has 1 aliphatic carbocycles. The first-order chi connectivity index (χ1) is 9.76. The first kappa shape index (κ1) is 13.6. The lowest BCUT2D eigenvalue weighted by molar-refractivity contribution is 0.531. The quantitative estimate of drug-likeness (QED) is 0.882. The highest BCUT2D eigenvalue weighted by Gasteiger charge is 2.19. The van der Waals surface area contributed by atoms with Crippen LogP contribution in [0.5, 0.6) is 0 Å². The molecule has 1 atom stereocenters. The summed E-state index contributed by atoms with van der Waals surface area (Å²) < 4.78 is 0. The van der Waals surface area contributed by atoms with Crippen molar-refractivity contribution in [2.75, 3.05) is 7.05 Å². The van der Waals surface area contributed by atoms with Gasteiger partial charge in [-0.05, 0) is 33.2 Å². The lowest BCUT2D eigenvalue weighted by Crippen LogP contribution is -2.18. The van der Waals surface area contributed by atoms with Gasteiger partial charge in [0.05, 0.1) is 6.42 Å². The van der Waals surface area contributed by atoms with E-state index in [2.05, 4.69) is 20.7 Å². The zero-order chi connectivity index (χ0) is 13.9. The summed E-state index contributed by atoms with van der Waals surface area (Å²) in [6.07, 6.45) is 7.49. The second kappa shape index (κ2) is 5.97. The molecule has 20 heavy (non-hydrogen) atoms. The van der Waals surface area contributed by atoms with Gasteiger partial charge >= 0.3 is 0 Å². The Labute approximate surface area is 123 Å². The van der Waals surface area contributed by atoms with Gasteiger partial charge in [0.25, 0.3) is 0 Å². The van der Waals surface area contributed by atoms with Gasteiger partial charge in [-0.2, -0.15) is 0 Å². The lowest BCUT2D eigenvalue weighted by Gasteiger charge is -2.16. The van der Waals surface area contributed by atoms with Crippen LogP contribution in [0.25, 0.3) is 0 Å². The minimum absolute atomic E-state index is 0.406. The Morgan fingerprint density at radius 3 is 3.00 bits per heavy atom. The minimum Gasteiger partial charge on any atom is -0.313 e. The van der Waals surface area contributed by atoms with Gasteiger partial charge in [-0.3, -0.25) is 0 Å². The Morgan fingerprint density at radius 2 is 2.25 bits per heavy atom. The molecule has 1 unspecified atom stereocenters. The van der Waals surface area contributed by atoms with Crippen LogP contribution >= 0.6 is 11.3 Å². The summed E-state index contributed by atoms with van der Waals surface area (Å²) >= 11 is 1.69. The van der Waals surface area contributed by atoms with Crippen molar-refractivity contribution in [1.82, 2.24) is 20.3 Å². The molecule has 1 aliphatic rings. The smallest absolute Gasteiger partial charge is 0.135 e. The Kier molecular flexibility index (Phi) is 4.08. The maximum Gasteiger partial charge on any atom is 0.135 e. The number of hydrogen-bond donors (Lipinski definition) is 1. The summed E-state index contributed by atoms with van der Waals surface area (Å²) in [7, 11) is 2.02. The van der Waals surface area contributed by atoms with Crippen molar-refractivity contribution < 1.29 is 0 Å². The molecule has 3 rings (SSSR count). The average Bonchev–Trinajstić information content (AvgIpc) is 2.74. The first-order valence-electron chi connectivity index (χ1n) is 7.19. The van der Waals surface area contributed by atoms with E-state index >= 15 is 0 Å². The molecule has 2 heterocycles. The standard InChI is InChI=1S/C15H20N4S/c1-10-9-20-15(18-10)7-14-17-8-11-12(16-2)5-3-4-6-13(11)19-14/h8-9,12,16H,3-7H2,1-2H3. The van der Waals surface area contributed by atoms with E-state index in [1.165, 1.54) is 30.5 Å². The fourth-order valence-electron chi connectivity index (χ4n) is 2.76. The number of nitrogens with one attached hydrogen (secondary N) is 1. The van der Waals surface area contributed by atoms with Gasteiger partial charge < -0.3 is 5.32 Å². The summed E-state index contributed by atoms with van der Waals surface area (Å²) in [4.78, 5) is 13.8. The maximum atomic E-state index is 4.79. The van der Waals surface area contributed by atoms with Gasteiger partial charge in [-0.25, -0.2) is 15.0 Å². The van der Waals surface area contributed by atoms with Gasteiger partial charge in [0.2, 0.25) is 0 Å². The molecule has 0 saturated carbocycles. The second-order valence-electron chi connectivity index (χ2n) is 5.33. The molecular formula is C15H20N4S. The average molecular weight is 288 g/mol. The molecule has 2 aromatic rings. The third-order valence-electron chi connectivity index (χ3n) is 3.81. The number of fused-ring (bicyclic) bond motifs is 1. The second-order valence-corrected chi connectivity index (χ2v) is 6.28. The van der Waals surface area contributed by atoms with Crippen LogP contribution < -0.4 is 5.32 Å². The number of nitrogens with zero attached hydrogens (tertiary/aromatic N) is 3. The van der Waals surface area contributed by atoms with E-state index in [4.69, 9.17) is 4.98 Å². The van der Waals surface area contributed by atoms with E-state index in [0.717, 1.165) is 29.4 Å². The molecule has 2 aromatic heterocycles. The van der Waals surface area contributed by atoms with Crippen molar-refractivity contribution in [3.05, 3.63) is 39.4 Å². The topological polar surface area (TPSA) is 50.7 Å². The molecule has 0 aromatic carbocycles. The van der Waals surface area contributed by atoms with Crippen LogP contribution in [-0.4, -0.2) is 22.0 Å². The van der Waals surface area contributed by atoms with Crippen molar-refractivity contribution >= 4 is 11.3 Å². The number of hydrogen-bond acceptors (Lipinski definition) is 5. The predicted molar refractivity (Wildman–Crippen MR) is 81.0 cm³/mol. The number of aromatic nitrogens is 3. The van der Waals surface area contributed by atoms with Crippen molar-refractivity contribution in [3.8, 4) is 0 Å². The molecule has 5 heteroatoms. The molecule has 0 spiro atoms. The van der Waals surface area contributed by atoms with E-state index in [-0.39, 0.29) is 0 Å². The third kappa shape index (κ3) is 2.88. The van der Waals surface area contributed by atoms with E-state index in [9.17, 15) is 0 Å². The van der Waals surface area contributed by atoms with Crippen LogP contribution in [0.3, 0.4) is 0 Å². The van der Waals surface area contributed by atoms with Gasteiger partial charge in [0.1, 0.15) is 10.8 Å². The van der Waals surface area contributed by atoms with Crippen LogP contribution in [0.4, 0.5) is 0 Å². The summed E-state index contributed by atoms with van der Waals surface area (Å²) in [6, 6.07) is 0.406. The van der Waals surface area contributed by atoms with E-state index < -0.39 is 0 Å². The van der Waals surface area contributed by atoms with Gasteiger partial charge in [-0.15, -0.1) is 11.3 Å². The van der Waals surface area contributed by atoms with Crippen molar-refractivity contribution in [3.63, 3.8) is 0 Å². The molecule has 106 valence electrons. The monoisotopic (exact) mass is 288 g/mol. The Bertz CT molecular complexity index is 593. The normalized spacial score (nSPS) is 18.6. The minimum atomic E-state index is 0.406. The predicted octanol–water partition coefficient (Wildman–Crippen LogP) is 2.82. The van der Waals surface area contributed by atoms with E-state index in [1.807, 2.05) is 20.2 Å². The van der Waals surface area contributed by atoms with Crippen LogP contribution in [0, 0.1) is 6.92 Å². The fourth-order valence-corrected chi connectivity index (χ4v) is 3.53. The molecular weight excluding hydrogens is 268 g/mol. The highest BCUT2D eigenvalue weighted by Crippen LogP contribution is 2.27. The zero-order valence-corrected chi connectivity index (χ0v) is 12.8. The molecule has 0 saturated heterocycles. The summed E-state index contributed by atoms with van der Waals surface area (Å²) in [5.74, 6) is 0.898. The van der Waals surface area contributed by atoms with Crippen molar-refractivity contribution in [2.45, 2.75) is 45.1 Å². The summed E-state index contributed by atoms with van der Waals surface area (Å²) in [5.41, 5.74) is 3.58. The van der Waals surface area contributed by atoms with Gasteiger partial charge in [-0.1, -0.05) is 6.42 Å². The first-order valence-corrected chi connectivity index (χ1v) is 8.07. The highest BCUT2D eigenvalue weighted by atomic mass is 32.1. The Hall–Kier alpha value is -1.33. The molecule has 0 radical (unpaired) electrons. The Morgan fingerprint density at radius 1 is 1.35 bits per heavy atom. The number of rotatable bonds is 3. The van der Waals surface area contributed by atoms with Crippen molar-refractivity contribution in [1.29, 1.82) is 0 Å². The highest BCUT2D eigenvalue weighted by molar-refractivity contribution is 7.09. The van der Waals surface area contributed by atoms with Crippen LogP contribution in [-0.2, 0) is 12.8 Å². The van der Waals surface area contributed by atoms with Crippen LogP contribution in [0.2, 0.25) is 0 Å². The molecule has 4 nitrogen and oxygen atoms in total. The van der Waals surface area contributed by atoms with E-state index in [0.29, 0.717) is 6.04 Å². The van der Waals surface area contributed by atoms with Crippen molar-refractivity contribution in [2.24, 2.45) is 0 Å². The number of thiazole rings is 1. The van der Waals surface area contributed by atoms with Crippen LogP contribution in [0.15, 0.2) is 11.6 Å². The molecule has 0 bridgehead atoms. The van der Waals surface area contributed by atoms with E-state index in [1.54, 1.807) is 11.3 Å². The van der Waals surface area contributed by atoms with Crippen LogP contribution in [0.1, 0.15) is 53.1 Å². The zero-order valence-electron chi connectivity index (χ0n) is 12.0. The largest absolute Gasteiger partial charge is 0.313 e. The fraction of sp³-hybridized carbons (Fsp3) is 0.533. The third-order valence-corrected chi connectivity index (χ3v) is 4.77. The lowest BCUT2D eigenvalue weighted by atomic mass is 10.1. The van der Waals surface area contributed by atoms with Gasteiger partial charge in [0, 0.05) is 34.6 Å². The molecule has 0 aliphatic heterocycles. The summed E-state index contributed by atoms with van der Waals surface area (Å²) in [5, 5.41) is 6.56. The summed E-state index contributed by atoms with van der Waals surface area (Å²) in [6.45, 7) is 2.02. The molecule has 1 N–H and O–H groups in total. The molecule has 0 amide bonds. The van der Waals surface area contributed by atoms with Gasteiger partial charge in [0.15, 0.2) is 0 Å². The SMILES string of the molecule is CNC1CCCCc2nc(Cc3nc(C)cs3)ncc21. The molecule has 0 fully saturated rings. The maximum absolute atomic E-state index is 4.79. The number of aryl methyl sites for hydroxylation is 2.